The van der Waals surface area contributed by atoms with Crippen LogP contribution in [0.15, 0.2) is 75.7 Å². The highest BCUT2D eigenvalue weighted by Crippen LogP contribution is 2.38. The number of carbonyl (C=O) groups excluding carboxylic acids is 1. The summed E-state index contributed by atoms with van der Waals surface area (Å²) in [5.74, 6) is 3.53. The number of terminal acetylenes is 1. The van der Waals surface area contributed by atoms with Gasteiger partial charge in [0, 0.05) is 11.1 Å². The lowest BCUT2D eigenvalue weighted by Gasteiger charge is -2.26. The van der Waals surface area contributed by atoms with Crippen molar-refractivity contribution < 1.29 is 23.7 Å². The molecule has 0 bridgehead atoms. The topological polar surface area (TPSA) is 88.3 Å². The van der Waals surface area contributed by atoms with Crippen LogP contribution in [0, 0.1) is 12.3 Å². The smallest absolute Gasteiger partial charge is 0.338 e. The summed E-state index contributed by atoms with van der Waals surface area (Å²) in [6.07, 6.45) is 7.25. The highest BCUT2D eigenvalue weighted by atomic mass is 32.1. The number of rotatable bonds is 8. The summed E-state index contributed by atoms with van der Waals surface area (Å²) >= 11 is 1.22. The Morgan fingerprint density at radius 2 is 1.90 bits per heavy atom. The van der Waals surface area contributed by atoms with Crippen LogP contribution in [0.3, 0.4) is 0 Å². The number of esters is 1. The van der Waals surface area contributed by atoms with E-state index in [-0.39, 0.29) is 24.3 Å². The minimum Gasteiger partial charge on any atom is -0.497 e. The molecule has 2 heterocycles. The number of hydrogen-bond acceptors (Lipinski definition) is 8. The van der Waals surface area contributed by atoms with Crippen molar-refractivity contribution in [1.29, 1.82) is 0 Å². The quantitative estimate of drug-likeness (QED) is 0.236. The van der Waals surface area contributed by atoms with E-state index in [1.807, 2.05) is 36.4 Å². The molecule has 0 fully saturated rings. The Kier molecular flexibility index (Phi) is 7.95. The summed E-state index contributed by atoms with van der Waals surface area (Å²) in [5.41, 5.74) is 1.67. The Labute approximate surface area is 240 Å². The van der Waals surface area contributed by atoms with Crippen molar-refractivity contribution in [3.63, 3.8) is 0 Å². The molecule has 0 radical (unpaired) electrons. The molecule has 0 saturated carbocycles. The molecule has 1 aromatic heterocycles. The fourth-order valence-electron chi connectivity index (χ4n) is 4.94. The summed E-state index contributed by atoms with van der Waals surface area (Å²) < 4.78 is 24.3. The Hall–Kier alpha value is -4.81. The number of nitrogens with zero attached hydrogens (tertiary/aromatic N) is 2. The van der Waals surface area contributed by atoms with Gasteiger partial charge in [-0.25, -0.2) is 9.79 Å². The molecular weight excluding hydrogens is 540 g/mol. The van der Waals surface area contributed by atoms with Crippen LogP contribution in [0.4, 0.5) is 0 Å². The number of carbonyl (C=O) groups is 1. The van der Waals surface area contributed by atoms with Crippen LogP contribution >= 0.6 is 11.3 Å². The van der Waals surface area contributed by atoms with Crippen LogP contribution in [0.5, 0.6) is 17.2 Å². The highest BCUT2D eigenvalue weighted by molar-refractivity contribution is 7.07. The molecule has 8 nitrogen and oxygen atoms in total. The maximum atomic E-state index is 14.2. The van der Waals surface area contributed by atoms with Crippen molar-refractivity contribution in [2.75, 3.05) is 27.4 Å². The van der Waals surface area contributed by atoms with E-state index in [0.717, 1.165) is 16.3 Å². The molecular formula is C32H28N2O6S. The van der Waals surface area contributed by atoms with Crippen molar-refractivity contribution in [3.05, 3.63) is 96.7 Å². The Balaban J connectivity index is 1.81. The van der Waals surface area contributed by atoms with E-state index in [1.54, 1.807) is 45.2 Å². The molecule has 41 heavy (non-hydrogen) atoms. The molecule has 208 valence electrons. The number of benzene rings is 3. The first-order valence-corrected chi connectivity index (χ1v) is 13.7. The fourth-order valence-corrected chi connectivity index (χ4v) is 5.97. The second kappa shape index (κ2) is 11.7. The third kappa shape index (κ3) is 5.10. The van der Waals surface area contributed by atoms with Gasteiger partial charge in [0.05, 0.1) is 36.6 Å². The lowest BCUT2D eigenvalue weighted by molar-refractivity contribution is -0.139. The lowest BCUT2D eigenvalue weighted by Crippen LogP contribution is -2.40. The zero-order valence-electron chi connectivity index (χ0n) is 23.1. The normalized spacial score (nSPS) is 14.7. The second-order valence-electron chi connectivity index (χ2n) is 9.10. The molecule has 0 amide bonds. The van der Waals surface area contributed by atoms with E-state index >= 15 is 0 Å². The van der Waals surface area contributed by atoms with Crippen molar-refractivity contribution in [2.24, 2.45) is 4.99 Å². The molecule has 1 aliphatic heterocycles. The van der Waals surface area contributed by atoms with Gasteiger partial charge in [0.15, 0.2) is 4.80 Å². The van der Waals surface area contributed by atoms with Crippen molar-refractivity contribution in [1.82, 2.24) is 4.57 Å². The molecule has 0 aliphatic carbocycles. The number of methoxy groups -OCH3 is 2. The van der Waals surface area contributed by atoms with Gasteiger partial charge in [0.2, 0.25) is 0 Å². The Morgan fingerprint density at radius 3 is 2.63 bits per heavy atom. The summed E-state index contributed by atoms with van der Waals surface area (Å²) in [6.45, 7) is 3.72. The molecule has 0 N–H and O–H groups in total. The van der Waals surface area contributed by atoms with Gasteiger partial charge in [-0.3, -0.25) is 9.36 Å². The first-order chi connectivity index (χ1) is 19.9. The van der Waals surface area contributed by atoms with E-state index in [2.05, 4.69) is 10.9 Å². The predicted octanol–water partition coefficient (Wildman–Crippen LogP) is 3.98. The van der Waals surface area contributed by atoms with Crippen LogP contribution in [-0.2, 0) is 9.53 Å². The maximum Gasteiger partial charge on any atom is 0.338 e. The van der Waals surface area contributed by atoms with Gasteiger partial charge in [-0.1, -0.05) is 47.6 Å². The van der Waals surface area contributed by atoms with Gasteiger partial charge < -0.3 is 18.9 Å². The van der Waals surface area contributed by atoms with Crippen molar-refractivity contribution >= 4 is 34.2 Å². The van der Waals surface area contributed by atoms with E-state index < -0.39 is 12.0 Å². The summed E-state index contributed by atoms with van der Waals surface area (Å²) in [7, 11) is 3.09. The van der Waals surface area contributed by atoms with Gasteiger partial charge in [-0.05, 0) is 55.0 Å². The van der Waals surface area contributed by atoms with Crippen LogP contribution in [0.25, 0.3) is 16.8 Å². The van der Waals surface area contributed by atoms with Crippen LogP contribution in [-0.4, -0.2) is 38.0 Å². The number of hydrogen-bond donors (Lipinski definition) is 0. The molecule has 4 aromatic rings. The number of fused-ring (bicyclic) bond motifs is 2. The minimum absolute atomic E-state index is 0.0815. The molecule has 9 heteroatoms. The van der Waals surface area contributed by atoms with Crippen LogP contribution in [0.1, 0.15) is 31.0 Å². The molecule has 0 spiro atoms. The van der Waals surface area contributed by atoms with E-state index in [0.29, 0.717) is 37.8 Å². The van der Waals surface area contributed by atoms with E-state index in [9.17, 15) is 9.59 Å². The Bertz CT molecular complexity index is 1910. The van der Waals surface area contributed by atoms with Gasteiger partial charge in [-0.15, -0.1) is 6.42 Å². The number of thiazole rings is 1. The maximum absolute atomic E-state index is 14.2. The number of ether oxygens (including phenoxy) is 4. The molecule has 1 aliphatic rings. The van der Waals surface area contributed by atoms with Gasteiger partial charge in [0.1, 0.15) is 29.9 Å². The van der Waals surface area contributed by atoms with Gasteiger partial charge in [-0.2, -0.15) is 0 Å². The fraction of sp³-hybridized carbons (Fsp3) is 0.219. The van der Waals surface area contributed by atoms with E-state index in [1.165, 1.54) is 23.0 Å². The van der Waals surface area contributed by atoms with Crippen molar-refractivity contribution in [2.45, 2.75) is 19.9 Å². The first-order valence-electron chi connectivity index (χ1n) is 12.9. The average Bonchev–Trinajstić information content (AvgIpc) is 3.29. The van der Waals surface area contributed by atoms with Crippen molar-refractivity contribution in [3.8, 4) is 29.6 Å². The standard InChI is InChI=1S/C32H28N2O6S/c1-6-16-40-26-14-12-20-10-8-9-11-22(20)23(26)18-27-30(35)34-29(24-17-21(37-4)13-15-25(24)38-5)28(31(36)39-7-2)19(3)33-32(34)41-27/h1,8-15,17-18,29H,7,16H2,2-5H3/t29-/m0/s1. The number of allylic oxidation sites excluding steroid dienone is 1. The monoisotopic (exact) mass is 568 g/mol. The van der Waals surface area contributed by atoms with Gasteiger partial charge >= 0.3 is 5.97 Å². The largest absolute Gasteiger partial charge is 0.497 e. The Morgan fingerprint density at radius 1 is 1.12 bits per heavy atom. The predicted molar refractivity (Wildman–Crippen MR) is 158 cm³/mol. The summed E-state index contributed by atoms with van der Waals surface area (Å²) in [4.78, 5) is 32.6. The zero-order valence-corrected chi connectivity index (χ0v) is 23.9. The first kappa shape index (κ1) is 27.7. The lowest BCUT2D eigenvalue weighted by atomic mass is 9.94. The summed E-state index contributed by atoms with van der Waals surface area (Å²) in [6, 6.07) is 16.0. The van der Waals surface area contributed by atoms with Crippen LogP contribution < -0.4 is 29.1 Å². The van der Waals surface area contributed by atoms with E-state index in [4.69, 9.17) is 25.4 Å². The molecule has 0 unspecified atom stereocenters. The third-order valence-electron chi connectivity index (χ3n) is 6.77. The third-order valence-corrected chi connectivity index (χ3v) is 7.75. The number of aromatic nitrogens is 1. The zero-order chi connectivity index (χ0) is 29.1. The second-order valence-corrected chi connectivity index (χ2v) is 10.1. The molecule has 0 saturated heterocycles. The SMILES string of the molecule is C#CCOc1ccc2ccccc2c1C=c1sc2n(c1=O)[C@@H](c1cc(OC)ccc1OC)C(C(=O)OCC)=C(C)N=2. The minimum atomic E-state index is -0.859. The van der Waals surface area contributed by atoms with Gasteiger partial charge in [0.25, 0.3) is 5.56 Å². The molecule has 1 atom stereocenters. The summed E-state index contributed by atoms with van der Waals surface area (Å²) in [5, 5.41) is 1.89. The van der Waals surface area contributed by atoms with Crippen LogP contribution in [0.2, 0.25) is 0 Å². The molecule has 3 aromatic carbocycles. The highest BCUT2D eigenvalue weighted by Gasteiger charge is 2.35. The average molecular weight is 569 g/mol. The molecule has 5 rings (SSSR count).